The van der Waals surface area contributed by atoms with Crippen LogP contribution in [0.15, 0.2) is 30.6 Å². The second kappa shape index (κ2) is 9.95. The van der Waals surface area contributed by atoms with Gasteiger partial charge in [-0.05, 0) is 49.5 Å². The number of thioether (sulfide) groups is 1. The fourth-order valence-corrected chi connectivity index (χ4v) is 5.15. The number of carbonyl (C=O) groups is 2. The van der Waals surface area contributed by atoms with Crippen LogP contribution in [-0.4, -0.2) is 71.5 Å². The fourth-order valence-electron chi connectivity index (χ4n) is 4.68. The molecular formula is C23H31N5O3S. The molecule has 32 heavy (non-hydrogen) atoms. The van der Waals surface area contributed by atoms with Crippen molar-refractivity contribution in [3.63, 3.8) is 0 Å². The molecule has 1 aromatic carbocycles. The molecule has 172 valence electrons. The van der Waals surface area contributed by atoms with Crippen LogP contribution in [0.5, 0.6) is 5.75 Å². The van der Waals surface area contributed by atoms with E-state index in [2.05, 4.69) is 20.6 Å². The van der Waals surface area contributed by atoms with Gasteiger partial charge in [-0.2, -0.15) is 11.8 Å². The first-order valence-electron chi connectivity index (χ1n) is 11.1. The molecule has 0 radical (unpaired) electrons. The first-order chi connectivity index (χ1) is 15.6. The number of hydrogen-bond donors (Lipinski definition) is 3. The summed E-state index contributed by atoms with van der Waals surface area (Å²) in [6.45, 7) is 2.20. The van der Waals surface area contributed by atoms with Gasteiger partial charge in [-0.15, -0.1) is 0 Å². The number of fused-ring (bicyclic) bond motifs is 2. The highest BCUT2D eigenvalue weighted by atomic mass is 32.2. The quantitative estimate of drug-likeness (QED) is 0.588. The van der Waals surface area contributed by atoms with Gasteiger partial charge in [0.15, 0.2) is 0 Å². The number of benzene rings is 1. The highest BCUT2D eigenvalue weighted by molar-refractivity contribution is 7.98. The summed E-state index contributed by atoms with van der Waals surface area (Å²) in [6, 6.07) is 6.44. The summed E-state index contributed by atoms with van der Waals surface area (Å²) in [6.07, 6.45) is 6.95. The number of hydrogen-bond acceptors (Lipinski definition) is 6. The Morgan fingerprint density at radius 2 is 2.16 bits per heavy atom. The van der Waals surface area contributed by atoms with Gasteiger partial charge in [0.25, 0.3) is 5.91 Å². The molecule has 4 rings (SSSR count). The predicted octanol–water partition coefficient (Wildman–Crippen LogP) is 1.93. The van der Waals surface area contributed by atoms with Crippen LogP contribution < -0.4 is 15.4 Å². The number of piperidine rings is 1. The Hall–Kier alpha value is -2.52. The summed E-state index contributed by atoms with van der Waals surface area (Å²) in [4.78, 5) is 36.0. The van der Waals surface area contributed by atoms with Gasteiger partial charge in [-0.25, -0.2) is 4.98 Å². The van der Waals surface area contributed by atoms with E-state index in [9.17, 15) is 9.59 Å². The van der Waals surface area contributed by atoms with E-state index in [1.807, 2.05) is 11.2 Å². The fraction of sp³-hybridized carbons (Fsp3) is 0.522. The Labute approximate surface area is 192 Å². The minimum absolute atomic E-state index is 0.0109. The van der Waals surface area contributed by atoms with Gasteiger partial charge in [0.2, 0.25) is 5.91 Å². The standard InChI is InChI=1S/C23H31N5O3S/c1-31-17-5-3-4-16(14-17)21(29)27-19(7-13-32-2)22(30)28-11-8-23(9-12-28)20-18(6-10-26-23)24-15-25-20/h3-5,14-15,19,26H,6-13H2,1-2H3,(H,24,25)(H,27,29)/t19-/m1/s1. The second-order valence-electron chi connectivity index (χ2n) is 8.35. The minimum Gasteiger partial charge on any atom is -0.497 e. The third-order valence-electron chi connectivity index (χ3n) is 6.48. The zero-order valence-electron chi connectivity index (χ0n) is 18.6. The molecule has 0 bridgehead atoms. The number of H-pyrrole nitrogens is 1. The number of amides is 2. The molecule has 3 N–H and O–H groups in total. The average Bonchev–Trinajstić information content (AvgIpc) is 3.32. The molecule has 0 unspecified atom stereocenters. The number of likely N-dealkylation sites (tertiary alicyclic amines) is 1. The molecule has 2 amide bonds. The van der Waals surface area contributed by atoms with Crippen molar-refractivity contribution in [1.29, 1.82) is 0 Å². The van der Waals surface area contributed by atoms with Crippen molar-refractivity contribution < 1.29 is 14.3 Å². The lowest BCUT2D eigenvalue weighted by molar-refractivity contribution is -0.135. The third kappa shape index (κ3) is 4.63. The Kier molecular flexibility index (Phi) is 7.05. The van der Waals surface area contributed by atoms with Crippen molar-refractivity contribution in [3.05, 3.63) is 47.5 Å². The normalized spacial score (nSPS) is 18.1. The molecule has 1 aromatic heterocycles. The monoisotopic (exact) mass is 457 g/mol. The molecule has 0 aliphatic carbocycles. The van der Waals surface area contributed by atoms with Gasteiger partial charge in [0.1, 0.15) is 11.8 Å². The van der Waals surface area contributed by atoms with E-state index in [0.717, 1.165) is 37.3 Å². The molecule has 1 atom stereocenters. The van der Waals surface area contributed by atoms with Gasteiger partial charge in [-0.3, -0.25) is 9.59 Å². The average molecular weight is 458 g/mol. The summed E-state index contributed by atoms with van der Waals surface area (Å²) in [5, 5.41) is 6.63. The van der Waals surface area contributed by atoms with Crippen LogP contribution in [0.3, 0.4) is 0 Å². The molecule has 8 nitrogen and oxygen atoms in total. The second-order valence-corrected chi connectivity index (χ2v) is 9.34. The summed E-state index contributed by atoms with van der Waals surface area (Å²) < 4.78 is 5.22. The van der Waals surface area contributed by atoms with E-state index in [-0.39, 0.29) is 17.4 Å². The Bertz CT molecular complexity index is 955. The number of methoxy groups -OCH3 is 1. The molecule has 1 spiro atoms. The Morgan fingerprint density at radius 3 is 2.91 bits per heavy atom. The largest absolute Gasteiger partial charge is 0.497 e. The van der Waals surface area contributed by atoms with Gasteiger partial charge >= 0.3 is 0 Å². The third-order valence-corrected chi connectivity index (χ3v) is 7.13. The molecule has 3 heterocycles. The van der Waals surface area contributed by atoms with Crippen LogP contribution in [0.2, 0.25) is 0 Å². The number of rotatable bonds is 7. The van der Waals surface area contributed by atoms with Crippen LogP contribution >= 0.6 is 11.8 Å². The topological polar surface area (TPSA) is 99.4 Å². The van der Waals surface area contributed by atoms with Gasteiger partial charge < -0.3 is 25.3 Å². The van der Waals surface area contributed by atoms with E-state index in [1.165, 1.54) is 5.69 Å². The number of ether oxygens (including phenoxy) is 1. The maximum Gasteiger partial charge on any atom is 0.252 e. The van der Waals surface area contributed by atoms with Gasteiger partial charge in [0.05, 0.1) is 24.7 Å². The Balaban J connectivity index is 1.43. The molecule has 2 aliphatic rings. The molecule has 0 saturated carbocycles. The smallest absolute Gasteiger partial charge is 0.252 e. The van der Waals surface area contributed by atoms with E-state index in [0.29, 0.717) is 30.8 Å². The molecule has 1 saturated heterocycles. The minimum atomic E-state index is -0.546. The van der Waals surface area contributed by atoms with Crippen molar-refractivity contribution in [1.82, 2.24) is 25.5 Å². The number of aromatic amines is 1. The lowest BCUT2D eigenvalue weighted by Gasteiger charge is -2.44. The molecular weight excluding hydrogens is 426 g/mol. The van der Waals surface area contributed by atoms with Crippen LogP contribution in [-0.2, 0) is 16.8 Å². The number of nitrogens with one attached hydrogen (secondary N) is 3. The zero-order chi connectivity index (χ0) is 22.6. The first-order valence-corrected chi connectivity index (χ1v) is 12.5. The van der Waals surface area contributed by atoms with Gasteiger partial charge in [0, 0.05) is 37.3 Å². The molecule has 9 heteroatoms. The predicted molar refractivity (Wildman–Crippen MR) is 125 cm³/mol. The van der Waals surface area contributed by atoms with Crippen LogP contribution in [0.25, 0.3) is 0 Å². The number of nitrogens with zero attached hydrogens (tertiary/aromatic N) is 2. The maximum absolute atomic E-state index is 13.4. The van der Waals surface area contributed by atoms with Crippen molar-refractivity contribution in [3.8, 4) is 5.75 Å². The SMILES string of the molecule is COc1cccc(C(=O)N[C@H](CCSC)C(=O)N2CCC3(CC2)NCCc2[nH]cnc23)c1. The molecule has 2 aromatic rings. The van der Waals surface area contributed by atoms with Crippen molar-refractivity contribution >= 4 is 23.6 Å². The maximum atomic E-state index is 13.4. The summed E-state index contributed by atoms with van der Waals surface area (Å²) in [5.41, 5.74) is 2.62. The summed E-state index contributed by atoms with van der Waals surface area (Å²) in [5.74, 6) is 1.14. The highest BCUT2D eigenvalue weighted by Crippen LogP contribution is 2.36. The van der Waals surface area contributed by atoms with E-state index < -0.39 is 6.04 Å². The lowest BCUT2D eigenvalue weighted by atomic mass is 9.80. The summed E-state index contributed by atoms with van der Waals surface area (Å²) >= 11 is 1.67. The van der Waals surface area contributed by atoms with Crippen LogP contribution in [0, 0.1) is 0 Å². The Morgan fingerprint density at radius 1 is 1.34 bits per heavy atom. The van der Waals surface area contributed by atoms with Crippen LogP contribution in [0.4, 0.5) is 0 Å². The van der Waals surface area contributed by atoms with Crippen molar-refractivity contribution in [2.45, 2.75) is 37.3 Å². The van der Waals surface area contributed by atoms with Crippen LogP contribution in [0.1, 0.15) is 41.0 Å². The highest BCUT2D eigenvalue weighted by Gasteiger charge is 2.42. The summed E-state index contributed by atoms with van der Waals surface area (Å²) in [7, 11) is 1.57. The molecule has 1 fully saturated rings. The van der Waals surface area contributed by atoms with Gasteiger partial charge in [-0.1, -0.05) is 6.07 Å². The van der Waals surface area contributed by atoms with Crippen molar-refractivity contribution in [2.24, 2.45) is 0 Å². The number of aromatic nitrogens is 2. The lowest BCUT2D eigenvalue weighted by Crippen LogP contribution is -2.57. The first kappa shape index (κ1) is 22.7. The zero-order valence-corrected chi connectivity index (χ0v) is 19.5. The number of carbonyl (C=O) groups excluding carboxylic acids is 2. The van der Waals surface area contributed by atoms with E-state index in [4.69, 9.17) is 4.74 Å². The van der Waals surface area contributed by atoms with E-state index in [1.54, 1.807) is 49.5 Å². The van der Waals surface area contributed by atoms with E-state index >= 15 is 0 Å². The number of imidazole rings is 1. The molecule has 2 aliphatic heterocycles. The van der Waals surface area contributed by atoms with Crippen molar-refractivity contribution in [2.75, 3.05) is 38.8 Å².